The van der Waals surface area contributed by atoms with Crippen LogP contribution in [0.15, 0.2) is 91.1 Å². The maximum atomic E-state index is 12.8. The first kappa shape index (κ1) is 52.5. The zero-order valence-electron chi connectivity index (χ0n) is 41.0. The Morgan fingerprint density at radius 2 is 0.775 bits per heavy atom. The highest BCUT2D eigenvalue weighted by molar-refractivity contribution is 6.08. The maximum absolute atomic E-state index is 12.8. The smallest absolute Gasteiger partial charge is 0.253 e. The Kier molecular flexibility index (Phi) is 18.9. The molecular formula is C54H60N4O13. The minimum absolute atomic E-state index is 0.188. The van der Waals surface area contributed by atoms with Crippen LogP contribution in [-0.4, -0.2) is 143 Å². The molecule has 0 saturated heterocycles. The number of carbonyl (C=O) groups excluding carboxylic acids is 6. The van der Waals surface area contributed by atoms with E-state index in [4.69, 9.17) is 33.2 Å². The molecule has 6 amide bonds. The quantitative estimate of drug-likeness (QED) is 0.105. The van der Waals surface area contributed by atoms with E-state index in [0.717, 1.165) is 11.1 Å². The highest BCUT2D eigenvalue weighted by Crippen LogP contribution is 2.39. The summed E-state index contributed by atoms with van der Waals surface area (Å²) in [7, 11) is 6.08. The molecule has 0 spiro atoms. The zero-order valence-corrected chi connectivity index (χ0v) is 41.0. The first-order valence-corrected chi connectivity index (χ1v) is 23.2. The van der Waals surface area contributed by atoms with Crippen LogP contribution in [0, 0.1) is 13.8 Å². The fourth-order valence-electron chi connectivity index (χ4n) is 7.90. The summed E-state index contributed by atoms with van der Waals surface area (Å²) in [5.74, 6) is 0.806. The van der Waals surface area contributed by atoms with Crippen molar-refractivity contribution in [1.29, 1.82) is 0 Å². The molecule has 3 aliphatic rings. The van der Waals surface area contributed by atoms with Crippen molar-refractivity contribution in [1.82, 2.24) is 19.6 Å². The standard InChI is InChI=1S/C54H60N4O13/c1-37-31-39(16-19-49(62)56-22-10-7-13-46(56)59)33-42(65-3)52(37)69-28-25-55(26-29-70-53-38(2)32-40(34-43(53)66-4)17-20-50(63)57-23-11-8-14-47(57)60)27-30-71-54-44(67-5)35-41(36-45(54)68-6)18-21-51(64)58-24-12-9-15-48(58)61/h7-9,13-21,31-36H,10-12,22-30H2,1-6H3/b19-16+,20-17+,21-18+. The first-order valence-electron chi connectivity index (χ1n) is 23.2. The van der Waals surface area contributed by atoms with Crippen molar-refractivity contribution in [2.45, 2.75) is 33.1 Å². The fourth-order valence-corrected chi connectivity index (χ4v) is 7.90. The highest BCUT2D eigenvalue weighted by Gasteiger charge is 2.23. The molecule has 3 aliphatic heterocycles. The van der Waals surface area contributed by atoms with Gasteiger partial charge in [-0.15, -0.1) is 0 Å². The van der Waals surface area contributed by atoms with E-state index in [-0.39, 0.29) is 37.5 Å². The Morgan fingerprint density at radius 1 is 0.479 bits per heavy atom. The van der Waals surface area contributed by atoms with E-state index in [1.165, 1.54) is 79.6 Å². The second kappa shape index (κ2) is 25.6. The largest absolute Gasteiger partial charge is 0.493 e. The topological polar surface area (TPSA) is 180 Å². The van der Waals surface area contributed by atoms with Crippen LogP contribution < -0.4 is 33.2 Å². The number of hydrogen-bond acceptors (Lipinski definition) is 14. The van der Waals surface area contributed by atoms with Crippen molar-refractivity contribution in [2.24, 2.45) is 0 Å². The third-order valence-electron chi connectivity index (χ3n) is 11.6. The summed E-state index contributed by atoms with van der Waals surface area (Å²) in [6.07, 6.45) is 20.2. The van der Waals surface area contributed by atoms with Crippen LogP contribution in [0.1, 0.15) is 47.1 Å². The van der Waals surface area contributed by atoms with Gasteiger partial charge in [-0.25, -0.2) is 0 Å². The number of benzene rings is 3. The molecule has 6 rings (SSSR count). The molecule has 0 saturated carbocycles. The predicted molar refractivity (Wildman–Crippen MR) is 266 cm³/mol. The van der Waals surface area contributed by atoms with E-state index >= 15 is 0 Å². The van der Waals surface area contributed by atoms with Gasteiger partial charge >= 0.3 is 0 Å². The van der Waals surface area contributed by atoms with Gasteiger partial charge in [0.2, 0.25) is 5.75 Å². The van der Waals surface area contributed by atoms with Crippen molar-refractivity contribution in [2.75, 3.05) is 87.5 Å². The second-order valence-corrected chi connectivity index (χ2v) is 16.4. The van der Waals surface area contributed by atoms with Crippen molar-refractivity contribution >= 4 is 53.7 Å². The average Bonchev–Trinajstić information content (AvgIpc) is 3.37. The van der Waals surface area contributed by atoms with Gasteiger partial charge < -0.3 is 33.2 Å². The number of nitrogens with zero attached hydrogens (tertiary/aromatic N) is 4. The molecule has 0 aliphatic carbocycles. The molecule has 0 aromatic heterocycles. The Labute approximate surface area is 413 Å². The monoisotopic (exact) mass is 972 g/mol. The number of aryl methyl sites for hydroxylation is 2. The average molecular weight is 973 g/mol. The normalized spacial score (nSPS) is 14.9. The van der Waals surface area contributed by atoms with Crippen molar-refractivity contribution in [3.63, 3.8) is 0 Å². The van der Waals surface area contributed by atoms with Crippen molar-refractivity contribution in [3.8, 4) is 40.2 Å². The Morgan fingerprint density at radius 3 is 1.08 bits per heavy atom. The van der Waals surface area contributed by atoms with Crippen LogP contribution in [0.3, 0.4) is 0 Å². The third kappa shape index (κ3) is 14.1. The summed E-state index contributed by atoms with van der Waals surface area (Å²) in [5.41, 5.74) is 3.53. The third-order valence-corrected chi connectivity index (χ3v) is 11.6. The predicted octanol–water partition coefficient (Wildman–Crippen LogP) is 6.16. The van der Waals surface area contributed by atoms with Gasteiger partial charge in [-0.05, 0) is 134 Å². The highest BCUT2D eigenvalue weighted by atomic mass is 16.5. The minimum atomic E-state index is -0.431. The lowest BCUT2D eigenvalue weighted by atomic mass is 10.1. The minimum Gasteiger partial charge on any atom is -0.493 e. The maximum Gasteiger partial charge on any atom is 0.253 e. The summed E-state index contributed by atoms with van der Waals surface area (Å²) >= 11 is 0. The summed E-state index contributed by atoms with van der Waals surface area (Å²) < 4.78 is 41.9. The zero-order chi connectivity index (χ0) is 50.9. The number of imide groups is 3. The Balaban J connectivity index is 1.15. The number of ether oxygens (including phenoxy) is 7. The van der Waals surface area contributed by atoms with E-state index in [0.29, 0.717) is 115 Å². The lowest BCUT2D eigenvalue weighted by molar-refractivity contribution is -0.140. The lowest BCUT2D eigenvalue weighted by Crippen LogP contribution is -2.37. The summed E-state index contributed by atoms with van der Waals surface area (Å²) in [5, 5.41) is 0. The van der Waals surface area contributed by atoms with Gasteiger partial charge in [0.05, 0.1) is 28.4 Å². The van der Waals surface area contributed by atoms with Gasteiger partial charge in [-0.2, -0.15) is 0 Å². The Bertz CT molecular complexity index is 2520. The number of amides is 6. The molecule has 0 fully saturated rings. The van der Waals surface area contributed by atoms with E-state index in [1.807, 2.05) is 26.0 Å². The molecule has 3 aromatic carbocycles. The molecule has 17 nitrogen and oxygen atoms in total. The van der Waals surface area contributed by atoms with Crippen LogP contribution in [0.5, 0.6) is 40.2 Å². The van der Waals surface area contributed by atoms with E-state index < -0.39 is 17.7 Å². The summed E-state index contributed by atoms with van der Waals surface area (Å²) in [6.45, 7) is 6.65. The lowest BCUT2D eigenvalue weighted by Gasteiger charge is -2.24. The van der Waals surface area contributed by atoms with Gasteiger partial charge in [0.15, 0.2) is 34.5 Å². The number of carbonyl (C=O) groups is 6. The van der Waals surface area contributed by atoms with Gasteiger partial charge in [0, 0.05) is 57.5 Å². The van der Waals surface area contributed by atoms with Crippen LogP contribution in [0.4, 0.5) is 0 Å². The SMILES string of the molecule is COc1cc(/C=C/C(=O)N2CCC=CC2=O)cc(C)c1OCCN(CCOc1c(C)cc(/C=C/C(=O)N2CCC=CC2=O)cc1OC)CCOc1c(OC)cc(/C=C/C(=O)N2CCC=CC2=O)cc1OC. The summed E-state index contributed by atoms with van der Waals surface area (Å²) in [4.78, 5) is 80.7. The van der Waals surface area contributed by atoms with Crippen LogP contribution in [0.25, 0.3) is 18.2 Å². The van der Waals surface area contributed by atoms with E-state index in [2.05, 4.69) is 4.90 Å². The van der Waals surface area contributed by atoms with Crippen LogP contribution in [-0.2, 0) is 28.8 Å². The van der Waals surface area contributed by atoms with Gasteiger partial charge in [-0.1, -0.05) is 18.2 Å². The molecule has 0 N–H and O–H groups in total. The fraction of sp³-hybridized carbons (Fsp3) is 0.333. The first-order chi connectivity index (χ1) is 34.3. The second-order valence-electron chi connectivity index (χ2n) is 16.4. The van der Waals surface area contributed by atoms with Crippen LogP contribution >= 0.6 is 0 Å². The van der Waals surface area contributed by atoms with Crippen LogP contribution in [0.2, 0.25) is 0 Å². The number of rotatable bonds is 22. The molecule has 71 heavy (non-hydrogen) atoms. The molecule has 0 unspecified atom stereocenters. The molecule has 0 atom stereocenters. The molecule has 0 radical (unpaired) electrons. The van der Waals surface area contributed by atoms with Gasteiger partial charge in [-0.3, -0.25) is 48.4 Å². The molecule has 17 heteroatoms. The van der Waals surface area contributed by atoms with E-state index in [1.54, 1.807) is 60.7 Å². The molecule has 0 bridgehead atoms. The van der Waals surface area contributed by atoms with Gasteiger partial charge in [0.1, 0.15) is 19.8 Å². The molecule has 3 aromatic rings. The number of methoxy groups -OCH3 is 4. The molecular weight excluding hydrogens is 913 g/mol. The van der Waals surface area contributed by atoms with Crippen molar-refractivity contribution < 1.29 is 61.9 Å². The number of hydrogen-bond donors (Lipinski definition) is 0. The van der Waals surface area contributed by atoms with Crippen molar-refractivity contribution in [3.05, 3.63) is 119 Å². The van der Waals surface area contributed by atoms with Gasteiger partial charge in [0.25, 0.3) is 35.4 Å². The Hall–Kier alpha value is -7.92. The van der Waals surface area contributed by atoms with E-state index in [9.17, 15) is 28.8 Å². The molecule has 374 valence electrons. The summed E-state index contributed by atoms with van der Waals surface area (Å²) in [6, 6.07) is 10.7. The molecule has 3 heterocycles.